The zero-order valence-corrected chi connectivity index (χ0v) is 10.9. The third-order valence-corrected chi connectivity index (χ3v) is 3.64. The average Bonchev–Trinajstić information content (AvgIpc) is 2.55. The van der Waals surface area contributed by atoms with Crippen LogP contribution in [-0.4, -0.2) is 28.1 Å². The van der Waals surface area contributed by atoms with Crippen LogP contribution in [0.25, 0.3) is 0 Å². The Bertz CT molecular complexity index is 425. The van der Waals surface area contributed by atoms with E-state index in [1.807, 2.05) is 0 Å². The summed E-state index contributed by atoms with van der Waals surface area (Å²) in [5.74, 6) is -0.265. The summed E-state index contributed by atoms with van der Waals surface area (Å²) in [6.07, 6.45) is 7.23. The number of aromatic nitrogens is 1. The zero-order valence-electron chi connectivity index (χ0n) is 10.1. The quantitative estimate of drug-likeness (QED) is 0.808. The lowest BCUT2D eigenvalue weighted by molar-refractivity contribution is 0.0818. The number of carbonyl (C=O) groups is 1. The fourth-order valence-corrected chi connectivity index (χ4v) is 2.44. The molecule has 18 heavy (non-hydrogen) atoms. The summed E-state index contributed by atoms with van der Waals surface area (Å²) in [5, 5.41) is 13.2. The van der Waals surface area contributed by atoms with Gasteiger partial charge in [-0.2, -0.15) is 0 Å². The fraction of sp³-hybridized carbons (Fsp3) is 0.538. The Morgan fingerprint density at radius 1 is 1.39 bits per heavy atom. The number of halogens is 1. The minimum absolute atomic E-state index is 0.184. The second-order valence-electron chi connectivity index (χ2n) is 4.64. The summed E-state index contributed by atoms with van der Waals surface area (Å²) in [6.45, 7) is 0. The van der Waals surface area contributed by atoms with E-state index in [1.54, 1.807) is 12.3 Å². The maximum Gasteiger partial charge on any atom is 0.254 e. The van der Waals surface area contributed by atoms with Gasteiger partial charge >= 0.3 is 0 Å². The van der Waals surface area contributed by atoms with Crippen molar-refractivity contribution in [1.29, 1.82) is 0 Å². The van der Waals surface area contributed by atoms with E-state index in [2.05, 4.69) is 10.3 Å². The molecule has 0 spiro atoms. The van der Waals surface area contributed by atoms with E-state index in [-0.39, 0.29) is 11.9 Å². The second-order valence-corrected chi connectivity index (χ2v) is 5.05. The number of aliphatic hydroxyl groups excluding tert-OH is 1. The van der Waals surface area contributed by atoms with Gasteiger partial charge in [0.2, 0.25) is 0 Å². The van der Waals surface area contributed by atoms with E-state index < -0.39 is 6.10 Å². The lowest BCUT2D eigenvalue weighted by atomic mass is 10.1. The Morgan fingerprint density at radius 3 is 2.94 bits per heavy atom. The fourth-order valence-electron chi connectivity index (χ4n) is 2.25. The smallest absolute Gasteiger partial charge is 0.254 e. The van der Waals surface area contributed by atoms with Gasteiger partial charge < -0.3 is 10.4 Å². The Morgan fingerprint density at radius 2 is 2.17 bits per heavy atom. The number of rotatable bonds is 2. The molecule has 0 radical (unpaired) electrons. The highest BCUT2D eigenvalue weighted by Gasteiger charge is 2.24. The summed E-state index contributed by atoms with van der Waals surface area (Å²) < 4.78 is 0. The van der Waals surface area contributed by atoms with E-state index >= 15 is 0 Å². The molecule has 0 aliphatic heterocycles. The Kier molecular flexibility index (Phi) is 4.55. The lowest BCUT2D eigenvalue weighted by Gasteiger charge is -2.21. The molecule has 2 rings (SSSR count). The number of hydrogen-bond acceptors (Lipinski definition) is 3. The van der Waals surface area contributed by atoms with Crippen LogP contribution < -0.4 is 5.32 Å². The normalized spacial score (nSPS) is 24.3. The average molecular weight is 269 g/mol. The van der Waals surface area contributed by atoms with E-state index in [0.29, 0.717) is 10.6 Å². The van der Waals surface area contributed by atoms with Crippen LogP contribution in [0, 0.1) is 0 Å². The molecule has 1 aliphatic rings. The zero-order chi connectivity index (χ0) is 13.0. The van der Waals surface area contributed by atoms with Crippen molar-refractivity contribution in [2.45, 2.75) is 44.2 Å². The van der Waals surface area contributed by atoms with Crippen LogP contribution in [0.4, 0.5) is 0 Å². The number of pyridine rings is 1. The first-order valence-corrected chi connectivity index (χ1v) is 6.64. The van der Waals surface area contributed by atoms with Crippen LogP contribution >= 0.6 is 11.6 Å². The van der Waals surface area contributed by atoms with Gasteiger partial charge in [0.1, 0.15) is 0 Å². The van der Waals surface area contributed by atoms with Gasteiger partial charge in [-0.05, 0) is 18.9 Å². The Hall–Kier alpha value is -1.13. The van der Waals surface area contributed by atoms with Gasteiger partial charge in [-0.3, -0.25) is 9.78 Å². The van der Waals surface area contributed by atoms with E-state index in [4.69, 9.17) is 11.6 Å². The van der Waals surface area contributed by atoms with Crippen molar-refractivity contribution in [3.8, 4) is 0 Å². The topological polar surface area (TPSA) is 62.2 Å². The first-order valence-electron chi connectivity index (χ1n) is 6.27. The molecular weight excluding hydrogens is 252 g/mol. The highest BCUT2D eigenvalue weighted by atomic mass is 35.5. The highest BCUT2D eigenvalue weighted by molar-refractivity contribution is 6.33. The monoisotopic (exact) mass is 268 g/mol. The van der Waals surface area contributed by atoms with Crippen LogP contribution in [-0.2, 0) is 0 Å². The van der Waals surface area contributed by atoms with Gasteiger partial charge in [-0.25, -0.2) is 0 Å². The molecule has 5 heteroatoms. The molecule has 0 aromatic carbocycles. The predicted molar refractivity (Wildman–Crippen MR) is 69.6 cm³/mol. The maximum absolute atomic E-state index is 12.0. The Labute approximate surface area is 111 Å². The van der Waals surface area contributed by atoms with E-state index in [0.717, 1.165) is 32.1 Å². The summed E-state index contributed by atoms with van der Waals surface area (Å²) >= 11 is 5.94. The van der Waals surface area contributed by atoms with Gasteiger partial charge in [-0.15, -0.1) is 0 Å². The number of carbonyl (C=O) groups excluding carboxylic acids is 1. The van der Waals surface area contributed by atoms with Gasteiger partial charge in [-0.1, -0.05) is 30.9 Å². The van der Waals surface area contributed by atoms with Crippen molar-refractivity contribution in [3.63, 3.8) is 0 Å². The van der Waals surface area contributed by atoms with Gasteiger partial charge in [0, 0.05) is 12.4 Å². The molecule has 1 aromatic heterocycles. The molecule has 1 saturated carbocycles. The molecule has 2 unspecified atom stereocenters. The molecule has 4 nitrogen and oxygen atoms in total. The third kappa shape index (κ3) is 3.21. The van der Waals surface area contributed by atoms with Crippen LogP contribution in [0.5, 0.6) is 0 Å². The SMILES string of the molecule is O=C(NC1CCCCCC1O)c1cnccc1Cl. The van der Waals surface area contributed by atoms with Crippen LogP contribution in [0.2, 0.25) is 5.02 Å². The van der Waals surface area contributed by atoms with Crippen molar-refractivity contribution in [2.75, 3.05) is 0 Å². The molecule has 2 atom stereocenters. The van der Waals surface area contributed by atoms with Crippen molar-refractivity contribution in [2.24, 2.45) is 0 Å². The second kappa shape index (κ2) is 6.16. The molecule has 1 fully saturated rings. The first-order chi connectivity index (χ1) is 8.68. The Balaban J connectivity index is 2.04. The summed E-state index contributed by atoms with van der Waals surface area (Å²) in [7, 11) is 0. The summed E-state index contributed by atoms with van der Waals surface area (Å²) in [6, 6.07) is 1.40. The van der Waals surface area contributed by atoms with Crippen LogP contribution in [0.3, 0.4) is 0 Å². The predicted octanol–water partition coefficient (Wildman–Crippen LogP) is 2.16. The van der Waals surface area contributed by atoms with Gasteiger partial charge in [0.15, 0.2) is 0 Å². The number of nitrogens with one attached hydrogen (secondary N) is 1. The standard InChI is InChI=1S/C13H17ClN2O2/c14-10-6-7-15-8-9(10)13(18)16-11-4-2-1-3-5-12(11)17/h6-8,11-12,17H,1-5H2,(H,16,18). The molecule has 98 valence electrons. The maximum atomic E-state index is 12.0. The van der Waals surface area contributed by atoms with Gasteiger partial charge in [0.25, 0.3) is 5.91 Å². The molecule has 2 N–H and O–H groups in total. The lowest BCUT2D eigenvalue weighted by Crippen LogP contribution is -2.42. The van der Waals surface area contributed by atoms with E-state index in [1.165, 1.54) is 6.20 Å². The molecule has 1 heterocycles. The van der Waals surface area contributed by atoms with Gasteiger partial charge in [0.05, 0.1) is 22.7 Å². The number of hydrogen-bond donors (Lipinski definition) is 2. The van der Waals surface area contributed by atoms with Crippen LogP contribution in [0.1, 0.15) is 42.5 Å². The van der Waals surface area contributed by atoms with Crippen molar-refractivity contribution < 1.29 is 9.90 Å². The first kappa shape index (κ1) is 13.3. The molecule has 1 aliphatic carbocycles. The largest absolute Gasteiger partial charge is 0.391 e. The summed E-state index contributed by atoms with van der Waals surface area (Å²) in [4.78, 5) is 15.9. The van der Waals surface area contributed by atoms with E-state index in [9.17, 15) is 9.90 Å². The van der Waals surface area contributed by atoms with Crippen molar-refractivity contribution in [1.82, 2.24) is 10.3 Å². The minimum Gasteiger partial charge on any atom is -0.391 e. The molecule has 0 saturated heterocycles. The third-order valence-electron chi connectivity index (χ3n) is 3.31. The summed E-state index contributed by atoms with van der Waals surface area (Å²) in [5.41, 5.74) is 0.357. The molecular formula is C13H17ClN2O2. The molecule has 1 aromatic rings. The van der Waals surface area contributed by atoms with Crippen molar-refractivity contribution in [3.05, 3.63) is 29.0 Å². The molecule has 1 amide bonds. The van der Waals surface area contributed by atoms with Crippen LogP contribution in [0.15, 0.2) is 18.5 Å². The number of nitrogens with zero attached hydrogens (tertiary/aromatic N) is 1. The molecule has 0 bridgehead atoms. The minimum atomic E-state index is -0.466. The highest BCUT2D eigenvalue weighted by Crippen LogP contribution is 2.19. The van der Waals surface area contributed by atoms with Crippen molar-refractivity contribution >= 4 is 17.5 Å². The number of amides is 1. The number of aliphatic hydroxyl groups is 1.